The van der Waals surface area contributed by atoms with Crippen LogP contribution in [0, 0.1) is 13.8 Å². The first-order chi connectivity index (χ1) is 15.5. The summed E-state index contributed by atoms with van der Waals surface area (Å²) in [4.78, 5) is 0. The van der Waals surface area contributed by atoms with Gasteiger partial charge >= 0.3 is 0 Å². The second-order valence-corrected chi connectivity index (χ2v) is 8.11. The van der Waals surface area contributed by atoms with Gasteiger partial charge < -0.3 is 8.83 Å². The van der Waals surface area contributed by atoms with Gasteiger partial charge in [0.2, 0.25) is 0 Å². The summed E-state index contributed by atoms with van der Waals surface area (Å²) in [6, 6.07) is 19.1. The lowest BCUT2D eigenvalue weighted by Crippen LogP contribution is -2.19. The maximum atomic E-state index is 5.99. The molecule has 1 unspecified atom stereocenters. The Labute approximate surface area is 190 Å². The summed E-state index contributed by atoms with van der Waals surface area (Å²) in [5.41, 5.74) is 2.63. The van der Waals surface area contributed by atoms with Gasteiger partial charge in [-0.1, -0.05) is 23.7 Å². The molecule has 6 nitrogen and oxygen atoms in total. The zero-order valence-corrected chi connectivity index (χ0v) is 18.5. The lowest BCUT2D eigenvalue weighted by Gasteiger charge is -2.20. The summed E-state index contributed by atoms with van der Waals surface area (Å²) >= 11 is 5.99. The summed E-state index contributed by atoms with van der Waals surface area (Å²) in [6.07, 6.45) is 4.58. The van der Waals surface area contributed by atoms with Crippen LogP contribution in [0.5, 0.6) is 0 Å². The number of rotatable bonds is 5. The van der Waals surface area contributed by atoms with Crippen molar-refractivity contribution in [1.29, 1.82) is 0 Å². The molecule has 0 saturated heterocycles. The number of allylic oxidation sites excluding steroid dienone is 1. The fourth-order valence-corrected chi connectivity index (χ4v) is 3.77. The summed E-state index contributed by atoms with van der Waals surface area (Å²) in [5.74, 6) is 4.02. The summed E-state index contributed by atoms with van der Waals surface area (Å²) in [7, 11) is 0. The van der Waals surface area contributed by atoms with Crippen molar-refractivity contribution in [3.05, 3.63) is 94.8 Å². The van der Waals surface area contributed by atoms with Gasteiger partial charge in [-0.05, 0) is 74.5 Å². The molecular weight excluding hydrogens is 424 g/mol. The van der Waals surface area contributed by atoms with Crippen molar-refractivity contribution >= 4 is 29.2 Å². The number of aromatic nitrogens is 2. The molecule has 4 heterocycles. The topological polar surface area (TPSA) is 67.7 Å². The van der Waals surface area contributed by atoms with Crippen molar-refractivity contribution in [3.8, 4) is 11.3 Å². The average Bonchev–Trinajstić information content (AvgIpc) is 3.53. The molecule has 0 N–H and O–H groups in total. The lowest BCUT2D eigenvalue weighted by atomic mass is 10.1. The second-order valence-electron chi connectivity index (χ2n) is 7.67. The van der Waals surface area contributed by atoms with Gasteiger partial charge in [0.1, 0.15) is 29.1 Å². The zero-order chi connectivity index (χ0) is 22.1. The summed E-state index contributed by atoms with van der Waals surface area (Å²) in [6.45, 7) is 3.86. The molecule has 3 aromatic heterocycles. The second kappa shape index (κ2) is 8.48. The van der Waals surface area contributed by atoms with Crippen LogP contribution in [0.2, 0.25) is 5.02 Å². The molecule has 0 fully saturated rings. The van der Waals surface area contributed by atoms with Gasteiger partial charge in [0, 0.05) is 17.0 Å². The molecule has 0 amide bonds. The molecule has 0 spiro atoms. The van der Waals surface area contributed by atoms with Gasteiger partial charge in [-0.2, -0.15) is 5.10 Å². The fraction of sp³-hybridized carbons (Fsp3) is 0.160. The Hall–Kier alpha value is -3.64. The molecule has 0 saturated carbocycles. The molecule has 4 aromatic rings. The fourth-order valence-electron chi connectivity index (χ4n) is 3.64. The molecule has 7 heteroatoms. The molecule has 1 aliphatic rings. The van der Waals surface area contributed by atoms with Crippen LogP contribution in [-0.4, -0.2) is 15.9 Å². The van der Waals surface area contributed by atoms with Gasteiger partial charge in [-0.15, -0.1) is 10.2 Å². The molecule has 0 bridgehead atoms. The molecule has 1 aliphatic heterocycles. The minimum absolute atomic E-state index is 0.0997. The molecule has 0 aliphatic carbocycles. The van der Waals surface area contributed by atoms with E-state index in [1.807, 2.05) is 91.7 Å². The van der Waals surface area contributed by atoms with E-state index < -0.39 is 0 Å². The maximum Gasteiger partial charge on any atom is 0.172 e. The van der Waals surface area contributed by atoms with Crippen LogP contribution >= 0.6 is 11.6 Å². The SMILES string of the molecule is Cc1ccc(/C=C/C2=NN(c3ccc(-c4ccc(Cl)cc4)nn3)C(c3ccc(C)o3)C2)o1. The van der Waals surface area contributed by atoms with Crippen LogP contribution in [0.1, 0.15) is 35.5 Å². The van der Waals surface area contributed by atoms with Crippen molar-refractivity contribution in [3.63, 3.8) is 0 Å². The van der Waals surface area contributed by atoms with Crippen LogP contribution in [-0.2, 0) is 0 Å². The number of furan rings is 2. The van der Waals surface area contributed by atoms with Gasteiger partial charge in [0.05, 0.1) is 11.4 Å². The van der Waals surface area contributed by atoms with E-state index in [-0.39, 0.29) is 6.04 Å². The van der Waals surface area contributed by atoms with E-state index in [2.05, 4.69) is 10.2 Å². The third-order valence-corrected chi connectivity index (χ3v) is 5.50. The predicted octanol–water partition coefficient (Wildman–Crippen LogP) is 6.62. The van der Waals surface area contributed by atoms with Crippen LogP contribution in [0.4, 0.5) is 5.82 Å². The minimum atomic E-state index is -0.0997. The molecule has 0 radical (unpaired) electrons. The van der Waals surface area contributed by atoms with Gasteiger partial charge in [-0.25, -0.2) is 5.01 Å². The average molecular weight is 445 g/mol. The number of aryl methyl sites for hydroxylation is 2. The van der Waals surface area contributed by atoms with Crippen LogP contribution in [0.25, 0.3) is 17.3 Å². The number of hydrazone groups is 1. The number of anilines is 1. The van der Waals surface area contributed by atoms with Gasteiger partial charge in [0.25, 0.3) is 0 Å². The number of halogens is 1. The Bertz CT molecular complexity index is 1290. The number of hydrogen-bond donors (Lipinski definition) is 0. The summed E-state index contributed by atoms with van der Waals surface area (Å²) < 4.78 is 11.5. The molecule has 32 heavy (non-hydrogen) atoms. The van der Waals surface area contributed by atoms with Crippen molar-refractivity contribution in [2.75, 3.05) is 5.01 Å². The van der Waals surface area contributed by atoms with Gasteiger partial charge in [0.15, 0.2) is 5.82 Å². The van der Waals surface area contributed by atoms with Gasteiger partial charge in [-0.3, -0.25) is 0 Å². The predicted molar refractivity (Wildman–Crippen MR) is 126 cm³/mol. The van der Waals surface area contributed by atoms with Crippen LogP contribution < -0.4 is 5.01 Å². The van der Waals surface area contributed by atoms with Crippen molar-refractivity contribution in [2.24, 2.45) is 5.10 Å². The lowest BCUT2D eigenvalue weighted by molar-refractivity contribution is 0.444. The Morgan fingerprint density at radius 1 is 0.875 bits per heavy atom. The summed E-state index contributed by atoms with van der Waals surface area (Å²) in [5, 5.41) is 16.2. The largest absolute Gasteiger partial charge is 0.464 e. The van der Waals surface area contributed by atoms with E-state index in [1.54, 1.807) is 0 Å². The van der Waals surface area contributed by atoms with Crippen molar-refractivity contribution < 1.29 is 8.83 Å². The first kappa shape index (κ1) is 20.3. The highest BCUT2D eigenvalue weighted by atomic mass is 35.5. The van der Waals surface area contributed by atoms with Crippen molar-refractivity contribution in [2.45, 2.75) is 26.3 Å². The number of nitrogens with zero attached hydrogens (tertiary/aromatic N) is 4. The monoisotopic (exact) mass is 444 g/mol. The highest BCUT2D eigenvalue weighted by Crippen LogP contribution is 2.35. The zero-order valence-electron chi connectivity index (χ0n) is 17.7. The molecule has 5 rings (SSSR count). The number of benzene rings is 1. The Balaban J connectivity index is 1.44. The van der Waals surface area contributed by atoms with E-state index in [1.165, 1.54) is 0 Å². The van der Waals surface area contributed by atoms with Crippen molar-refractivity contribution in [1.82, 2.24) is 10.2 Å². The number of hydrogen-bond acceptors (Lipinski definition) is 6. The van der Waals surface area contributed by atoms with Crippen LogP contribution in [0.3, 0.4) is 0 Å². The standard InChI is InChI=1S/C25H21ClN4O2/c1-16-3-10-21(31-16)11-9-20-15-23(24-13-4-17(2)32-24)30(29-20)25-14-12-22(27-28-25)18-5-7-19(26)8-6-18/h3-14,23H,15H2,1-2H3/b11-9+. The quantitative estimate of drug-likeness (QED) is 0.346. The van der Waals surface area contributed by atoms with E-state index in [4.69, 9.17) is 25.5 Å². The minimum Gasteiger partial charge on any atom is -0.464 e. The van der Waals surface area contributed by atoms with E-state index in [0.717, 1.165) is 40.0 Å². The molecule has 1 aromatic carbocycles. The highest BCUT2D eigenvalue weighted by molar-refractivity contribution is 6.30. The third kappa shape index (κ3) is 4.22. The molecule has 160 valence electrons. The Kier molecular flexibility index (Phi) is 5.37. The smallest absolute Gasteiger partial charge is 0.172 e. The first-order valence-corrected chi connectivity index (χ1v) is 10.7. The Morgan fingerprint density at radius 3 is 2.31 bits per heavy atom. The van der Waals surface area contributed by atoms with E-state index in [9.17, 15) is 0 Å². The third-order valence-electron chi connectivity index (χ3n) is 5.25. The first-order valence-electron chi connectivity index (χ1n) is 10.3. The Morgan fingerprint density at radius 2 is 1.66 bits per heavy atom. The molecule has 1 atom stereocenters. The normalized spacial score (nSPS) is 16.2. The maximum absolute atomic E-state index is 5.99. The highest BCUT2D eigenvalue weighted by Gasteiger charge is 2.31. The van der Waals surface area contributed by atoms with E-state index in [0.29, 0.717) is 17.3 Å². The van der Waals surface area contributed by atoms with Crippen LogP contribution in [0.15, 0.2) is 80.7 Å². The van der Waals surface area contributed by atoms with E-state index >= 15 is 0 Å². The molecular formula is C25H21ClN4O2.